The number of likely N-dealkylation sites (tertiary alicyclic amines) is 1. The lowest BCUT2D eigenvalue weighted by Crippen LogP contribution is -2.32. The van der Waals surface area contributed by atoms with Crippen molar-refractivity contribution in [1.29, 1.82) is 0 Å². The zero-order valence-corrected chi connectivity index (χ0v) is 13.4. The number of hydrogen-bond donors (Lipinski definition) is 1. The van der Waals surface area contributed by atoms with Gasteiger partial charge in [0.2, 0.25) is 5.91 Å². The van der Waals surface area contributed by atoms with Crippen LogP contribution in [0.25, 0.3) is 0 Å². The van der Waals surface area contributed by atoms with Crippen molar-refractivity contribution >= 4 is 40.2 Å². The summed E-state index contributed by atoms with van der Waals surface area (Å²) in [6.45, 7) is 1.64. The molecule has 1 aromatic carbocycles. The predicted molar refractivity (Wildman–Crippen MR) is 84.4 cm³/mol. The average molecular weight is 388 g/mol. The quantitative estimate of drug-likeness (QED) is 0.631. The fourth-order valence-electron chi connectivity index (χ4n) is 2.29. The number of carbonyl (C=O) groups is 2. The van der Waals surface area contributed by atoms with E-state index in [1.165, 1.54) is 7.11 Å². The first kappa shape index (κ1) is 15.2. The summed E-state index contributed by atoms with van der Waals surface area (Å²) in [5.41, 5.74) is 0.821. The van der Waals surface area contributed by atoms with Gasteiger partial charge in [-0.2, -0.15) is 0 Å². The van der Waals surface area contributed by atoms with Gasteiger partial charge in [0.15, 0.2) is 0 Å². The largest absolute Gasteiger partial charge is 0.469 e. The maximum absolute atomic E-state index is 12.0. The highest BCUT2D eigenvalue weighted by atomic mass is 127. The Kier molecular flexibility index (Phi) is 5.36. The minimum Gasteiger partial charge on any atom is -0.469 e. The lowest BCUT2D eigenvalue weighted by molar-refractivity contribution is -0.145. The standard InChI is InChI=1S/C14H17IN2O3/c1-20-14(19)10-6-7-17(8-10)9-13(18)16-12-5-3-2-4-11(12)15/h2-5,10H,6-9H2,1H3,(H,16,18). The van der Waals surface area contributed by atoms with Crippen LogP contribution in [0.1, 0.15) is 6.42 Å². The molecule has 1 atom stereocenters. The summed E-state index contributed by atoms with van der Waals surface area (Å²) >= 11 is 2.19. The van der Waals surface area contributed by atoms with Crippen molar-refractivity contribution in [3.05, 3.63) is 27.8 Å². The van der Waals surface area contributed by atoms with Crippen molar-refractivity contribution in [3.8, 4) is 0 Å². The molecule has 1 amide bonds. The van der Waals surface area contributed by atoms with E-state index in [2.05, 4.69) is 27.9 Å². The molecule has 0 bridgehead atoms. The Hall–Kier alpha value is -1.15. The highest BCUT2D eigenvalue weighted by Crippen LogP contribution is 2.19. The first-order chi connectivity index (χ1) is 9.60. The summed E-state index contributed by atoms with van der Waals surface area (Å²) in [5, 5.41) is 2.89. The number of carbonyl (C=O) groups excluding carboxylic acids is 2. The van der Waals surface area contributed by atoms with Crippen LogP contribution in [0, 0.1) is 9.49 Å². The Balaban J connectivity index is 1.84. The second-order valence-corrected chi connectivity index (χ2v) is 5.93. The molecule has 1 aliphatic heterocycles. The van der Waals surface area contributed by atoms with Gasteiger partial charge in [-0.1, -0.05) is 12.1 Å². The van der Waals surface area contributed by atoms with E-state index >= 15 is 0 Å². The molecule has 1 unspecified atom stereocenters. The molecular formula is C14H17IN2O3. The highest BCUT2D eigenvalue weighted by molar-refractivity contribution is 14.1. The number of ether oxygens (including phenoxy) is 1. The zero-order chi connectivity index (χ0) is 14.5. The third kappa shape index (κ3) is 3.92. The Labute approximate surface area is 131 Å². The molecule has 2 rings (SSSR count). The van der Waals surface area contributed by atoms with Crippen LogP contribution in [0.2, 0.25) is 0 Å². The molecule has 5 nitrogen and oxygen atoms in total. The van der Waals surface area contributed by atoms with Gasteiger partial charge >= 0.3 is 5.97 Å². The van der Waals surface area contributed by atoms with Crippen LogP contribution in [0.15, 0.2) is 24.3 Å². The van der Waals surface area contributed by atoms with Gasteiger partial charge in [-0.25, -0.2) is 0 Å². The lowest BCUT2D eigenvalue weighted by Gasteiger charge is -2.15. The molecule has 6 heteroatoms. The lowest BCUT2D eigenvalue weighted by atomic mass is 10.1. The Bertz CT molecular complexity index is 507. The van der Waals surface area contributed by atoms with Gasteiger partial charge < -0.3 is 10.1 Å². The van der Waals surface area contributed by atoms with Crippen LogP contribution in [0.4, 0.5) is 5.69 Å². The number of nitrogens with one attached hydrogen (secondary N) is 1. The molecule has 1 aromatic rings. The number of esters is 1. The molecule has 0 saturated carbocycles. The number of hydrogen-bond acceptors (Lipinski definition) is 4. The number of amides is 1. The fraction of sp³-hybridized carbons (Fsp3) is 0.429. The first-order valence-corrected chi connectivity index (χ1v) is 7.52. The minimum absolute atomic E-state index is 0.0559. The van der Waals surface area contributed by atoms with Crippen LogP contribution in [0.3, 0.4) is 0 Å². The molecule has 1 N–H and O–H groups in total. The van der Waals surface area contributed by atoms with Gasteiger partial charge in [-0.05, 0) is 47.7 Å². The topological polar surface area (TPSA) is 58.6 Å². The molecule has 108 valence electrons. The van der Waals surface area contributed by atoms with Gasteiger partial charge in [-0.3, -0.25) is 14.5 Å². The Morgan fingerprint density at radius 1 is 1.45 bits per heavy atom. The first-order valence-electron chi connectivity index (χ1n) is 6.44. The molecule has 0 aromatic heterocycles. The summed E-state index contributed by atoms with van der Waals surface area (Å²) in [6.07, 6.45) is 0.753. The Morgan fingerprint density at radius 2 is 2.20 bits per heavy atom. The second-order valence-electron chi connectivity index (χ2n) is 4.77. The van der Waals surface area contributed by atoms with Crippen LogP contribution < -0.4 is 5.32 Å². The Morgan fingerprint density at radius 3 is 2.90 bits per heavy atom. The van der Waals surface area contributed by atoms with Crippen LogP contribution in [0.5, 0.6) is 0 Å². The van der Waals surface area contributed by atoms with E-state index < -0.39 is 0 Å². The molecule has 1 saturated heterocycles. The molecule has 1 aliphatic rings. The van der Waals surface area contributed by atoms with Crippen LogP contribution in [-0.2, 0) is 14.3 Å². The smallest absolute Gasteiger partial charge is 0.310 e. The SMILES string of the molecule is COC(=O)C1CCN(CC(=O)Nc2ccccc2I)C1. The number of nitrogens with zero attached hydrogens (tertiary/aromatic N) is 1. The van der Waals surface area contributed by atoms with E-state index in [-0.39, 0.29) is 17.8 Å². The van der Waals surface area contributed by atoms with Gasteiger partial charge in [0.1, 0.15) is 0 Å². The predicted octanol–water partition coefficient (Wildman–Crippen LogP) is 1.72. The summed E-state index contributed by atoms with van der Waals surface area (Å²) in [7, 11) is 1.40. The number of methoxy groups -OCH3 is 1. The van der Waals surface area contributed by atoms with Crippen LogP contribution >= 0.6 is 22.6 Å². The fourth-order valence-corrected chi connectivity index (χ4v) is 2.81. The highest BCUT2D eigenvalue weighted by Gasteiger charge is 2.29. The molecular weight excluding hydrogens is 371 g/mol. The minimum atomic E-state index is -0.189. The van der Waals surface area contributed by atoms with Crippen molar-refractivity contribution in [2.75, 3.05) is 32.1 Å². The van der Waals surface area contributed by atoms with E-state index in [0.717, 1.165) is 22.2 Å². The van der Waals surface area contributed by atoms with Gasteiger partial charge in [0, 0.05) is 10.1 Å². The maximum Gasteiger partial charge on any atom is 0.310 e. The van der Waals surface area contributed by atoms with Crippen molar-refractivity contribution in [2.24, 2.45) is 5.92 Å². The van der Waals surface area contributed by atoms with Crippen molar-refractivity contribution in [2.45, 2.75) is 6.42 Å². The van der Waals surface area contributed by atoms with Crippen LogP contribution in [-0.4, -0.2) is 43.5 Å². The summed E-state index contributed by atoms with van der Waals surface area (Å²) in [5.74, 6) is -0.352. The van der Waals surface area contributed by atoms with Crippen molar-refractivity contribution < 1.29 is 14.3 Å². The van der Waals surface area contributed by atoms with Gasteiger partial charge in [0.05, 0.1) is 25.3 Å². The van der Waals surface area contributed by atoms with E-state index in [1.54, 1.807) is 0 Å². The summed E-state index contributed by atoms with van der Waals surface area (Å²) in [6, 6.07) is 7.64. The monoisotopic (exact) mass is 388 g/mol. The molecule has 1 fully saturated rings. The van der Waals surface area contributed by atoms with Gasteiger partial charge in [-0.15, -0.1) is 0 Å². The molecule has 1 heterocycles. The molecule has 0 spiro atoms. The number of halogens is 1. The number of rotatable bonds is 4. The summed E-state index contributed by atoms with van der Waals surface area (Å²) in [4.78, 5) is 25.4. The average Bonchev–Trinajstić information content (AvgIpc) is 2.89. The van der Waals surface area contributed by atoms with E-state index in [4.69, 9.17) is 4.74 Å². The van der Waals surface area contributed by atoms with Gasteiger partial charge in [0.25, 0.3) is 0 Å². The van der Waals surface area contributed by atoms with E-state index in [9.17, 15) is 9.59 Å². The number of benzene rings is 1. The van der Waals surface area contributed by atoms with Crippen molar-refractivity contribution in [3.63, 3.8) is 0 Å². The molecule has 0 aliphatic carbocycles. The normalized spacial score (nSPS) is 18.8. The molecule has 0 radical (unpaired) electrons. The third-order valence-corrected chi connectivity index (χ3v) is 4.26. The third-order valence-electron chi connectivity index (χ3n) is 3.32. The maximum atomic E-state index is 12.0. The summed E-state index contributed by atoms with van der Waals surface area (Å²) < 4.78 is 5.74. The number of para-hydroxylation sites is 1. The van der Waals surface area contributed by atoms with Crippen molar-refractivity contribution in [1.82, 2.24) is 4.90 Å². The molecule has 20 heavy (non-hydrogen) atoms. The second kappa shape index (κ2) is 7.03. The van der Waals surface area contributed by atoms with E-state index in [1.807, 2.05) is 29.2 Å². The van der Waals surface area contributed by atoms with E-state index in [0.29, 0.717) is 13.1 Å². The number of anilines is 1. The zero-order valence-electron chi connectivity index (χ0n) is 11.3.